The molecule has 5 nitrogen and oxygen atoms in total. The van der Waals surface area contributed by atoms with Crippen molar-refractivity contribution in [2.75, 3.05) is 11.5 Å². The Kier molecular flexibility index (Phi) is 7.75. The number of sulfone groups is 1. The highest BCUT2D eigenvalue weighted by Gasteiger charge is 2.29. The molecular weight excluding hydrogens is 338 g/mol. The van der Waals surface area contributed by atoms with Crippen LogP contribution in [0.5, 0.6) is 5.75 Å². The highest BCUT2D eigenvalue weighted by Crippen LogP contribution is 2.21. The van der Waals surface area contributed by atoms with Gasteiger partial charge in [-0.25, -0.2) is 13.2 Å². The molecule has 0 spiro atoms. The molecule has 1 atom stereocenters. The normalized spacial score (nSPS) is 18.8. The van der Waals surface area contributed by atoms with E-state index in [1.165, 1.54) is 32.1 Å². The zero-order valence-electron chi connectivity index (χ0n) is 15.0. The fourth-order valence-electron chi connectivity index (χ4n) is 3.11. The van der Waals surface area contributed by atoms with Gasteiger partial charge in [0.05, 0.1) is 11.5 Å². The monoisotopic (exact) mass is 367 g/mol. The minimum atomic E-state index is -3.01. The average molecular weight is 368 g/mol. The maximum absolute atomic E-state index is 12.1. The summed E-state index contributed by atoms with van der Waals surface area (Å²) >= 11 is 0. The van der Waals surface area contributed by atoms with Crippen molar-refractivity contribution < 1.29 is 17.9 Å². The third-order valence-electron chi connectivity index (χ3n) is 4.53. The molecule has 1 heterocycles. The minimum absolute atomic E-state index is 0.00149. The number of amides is 1. The Hall–Kier alpha value is -1.56. The quantitative estimate of drug-likeness (QED) is 0.673. The number of aryl methyl sites for hydroxylation is 1. The Labute approximate surface area is 151 Å². The molecular formula is C19H29NO4S. The van der Waals surface area contributed by atoms with Crippen LogP contribution < -0.4 is 10.1 Å². The fourth-order valence-corrected chi connectivity index (χ4v) is 4.78. The second-order valence-electron chi connectivity index (χ2n) is 6.76. The van der Waals surface area contributed by atoms with Gasteiger partial charge in [0.15, 0.2) is 9.84 Å². The van der Waals surface area contributed by atoms with Crippen molar-refractivity contribution in [1.82, 2.24) is 5.32 Å². The summed E-state index contributed by atoms with van der Waals surface area (Å²) in [6.45, 7) is 2.21. The molecule has 2 rings (SSSR count). The molecule has 0 radical (unpaired) electrons. The zero-order chi connectivity index (χ0) is 18.1. The third kappa shape index (κ3) is 7.06. The predicted molar refractivity (Wildman–Crippen MR) is 99.7 cm³/mol. The highest BCUT2D eigenvalue weighted by atomic mass is 32.2. The van der Waals surface area contributed by atoms with Crippen molar-refractivity contribution in [1.29, 1.82) is 0 Å². The first-order chi connectivity index (χ1) is 12.0. The molecule has 1 unspecified atom stereocenters. The van der Waals surface area contributed by atoms with Crippen LogP contribution in [0.1, 0.15) is 57.4 Å². The van der Waals surface area contributed by atoms with Crippen molar-refractivity contribution in [3.8, 4) is 5.75 Å². The second-order valence-corrected chi connectivity index (χ2v) is 8.99. The van der Waals surface area contributed by atoms with Crippen LogP contribution in [0.2, 0.25) is 0 Å². The van der Waals surface area contributed by atoms with Crippen LogP contribution in [-0.2, 0) is 16.3 Å². The zero-order valence-corrected chi connectivity index (χ0v) is 15.8. The molecule has 1 amide bonds. The molecule has 0 bridgehead atoms. The molecule has 0 aliphatic carbocycles. The molecule has 1 aromatic rings. The van der Waals surface area contributed by atoms with E-state index >= 15 is 0 Å². The van der Waals surface area contributed by atoms with Crippen molar-refractivity contribution in [2.24, 2.45) is 0 Å². The van der Waals surface area contributed by atoms with Crippen LogP contribution >= 0.6 is 0 Å². The Balaban J connectivity index is 1.80. The van der Waals surface area contributed by atoms with Crippen molar-refractivity contribution in [3.63, 3.8) is 0 Å². The van der Waals surface area contributed by atoms with Crippen LogP contribution in [-0.4, -0.2) is 32.1 Å². The van der Waals surface area contributed by atoms with Gasteiger partial charge in [-0.1, -0.05) is 57.2 Å². The topological polar surface area (TPSA) is 72.5 Å². The number of carbonyl (C=O) groups is 1. The molecule has 1 saturated heterocycles. The van der Waals surface area contributed by atoms with E-state index < -0.39 is 15.9 Å². The summed E-state index contributed by atoms with van der Waals surface area (Å²) in [7, 11) is -3.01. The van der Waals surface area contributed by atoms with E-state index in [1.54, 1.807) is 6.07 Å². The van der Waals surface area contributed by atoms with E-state index in [1.807, 2.05) is 18.2 Å². The first kappa shape index (κ1) is 19.8. The Morgan fingerprint density at radius 1 is 1.16 bits per heavy atom. The smallest absolute Gasteiger partial charge is 0.410 e. The molecule has 6 heteroatoms. The van der Waals surface area contributed by atoms with Gasteiger partial charge in [-0.05, 0) is 30.9 Å². The number of nitrogens with one attached hydrogen (secondary N) is 1. The van der Waals surface area contributed by atoms with Crippen LogP contribution in [0.15, 0.2) is 24.3 Å². The largest absolute Gasteiger partial charge is 0.412 e. The van der Waals surface area contributed by atoms with E-state index in [9.17, 15) is 13.2 Å². The summed E-state index contributed by atoms with van der Waals surface area (Å²) in [6, 6.07) is 7.21. The van der Waals surface area contributed by atoms with Gasteiger partial charge in [-0.15, -0.1) is 0 Å². The predicted octanol–water partition coefficient (Wildman–Crippen LogP) is 3.87. The van der Waals surface area contributed by atoms with E-state index in [0.717, 1.165) is 18.4 Å². The van der Waals surface area contributed by atoms with Gasteiger partial charge >= 0.3 is 6.09 Å². The van der Waals surface area contributed by atoms with E-state index in [4.69, 9.17) is 4.74 Å². The number of carbonyl (C=O) groups excluding carboxylic acids is 1. The SMILES string of the molecule is CCCCCCCCc1ccccc1OC(=O)NC1CCS(=O)(=O)C1. The molecule has 1 fully saturated rings. The number of rotatable bonds is 9. The molecule has 0 aromatic heterocycles. The van der Waals surface area contributed by atoms with Gasteiger partial charge in [0.2, 0.25) is 0 Å². The number of ether oxygens (including phenoxy) is 1. The molecule has 0 saturated carbocycles. The average Bonchev–Trinajstić information content (AvgIpc) is 2.90. The molecule has 1 aliphatic rings. The Morgan fingerprint density at radius 2 is 1.88 bits per heavy atom. The van der Waals surface area contributed by atoms with Gasteiger partial charge in [-0.2, -0.15) is 0 Å². The Morgan fingerprint density at radius 3 is 2.60 bits per heavy atom. The first-order valence-corrected chi connectivity index (χ1v) is 11.1. The number of unbranched alkanes of at least 4 members (excludes halogenated alkanes) is 5. The van der Waals surface area contributed by atoms with Crippen LogP contribution in [0, 0.1) is 0 Å². The summed E-state index contributed by atoms with van der Waals surface area (Å²) < 4.78 is 28.3. The van der Waals surface area contributed by atoms with E-state index in [-0.39, 0.29) is 17.5 Å². The van der Waals surface area contributed by atoms with E-state index in [0.29, 0.717) is 12.2 Å². The molecule has 140 valence electrons. The second kappa shape index (κ2) is 9.80. The number of benzene rings is 1. The summed E-state index contributed by atoms with van der Waals surface area (Å²) in [5.41, 5.74) is 1.02. The summed E-state index contributed by atoms with van der Waals surface area (Å²) in [4.78, 5) is 12.1. The molecule has 25 heavy (non-hydrogen) atoms. The standard InChI is InChI=1S/C19H29NO4S/c1-2-3-4-5-6-7-10-16-11-8-9-12-18(16)24-19(21)20-17-13-14-25(22,23)15-17/h8-9,11-12,17H,2-7,10,13-15H2,1H3,(H,20,21). The lowest BCUT2D eigenvalue weighted by Gasteiger charge is -2.13. The van der Waals surface area contributed by atoms with Gasteiger partial charge in [0, 0.05) is 6.04 Å². The van der Waals surface area contributed by atoms with Crippen LogP contribution in [0.4, 0.5) is 4.79 Å². The molecule has 1 aromatic carbocycles. The number of hydrogen-bond donors (Lipinski definition) is 1. The molecule has 1 aliphatic heterocycles. The van der Waals surface area contributed by atoms with Gasteiger partial charge in [-0.3, -0.25) is 0 Å². The van der Waals surface area contributed by atoms with Crippen molar-refractivity contribution in [2.45, 2.75) is 64.3 Å². The third-order valence-corrected chi connectivity index (χ3v) is 6.30. The lowest BCUT2D eigenvalue weighted by molar-refractivity contribution is 0.196. The number of para-hydroxylation sites is 1. The maximum Gasteiger partial charge on any atom is 0.412 e. The lowest BCUT2D eigenvalue weighted by Crippen LogP contribution is -2.37. The summed E-state index contributed by atoms with van der Waals surface area (Å²) in [5.74, 6) is 0.697. The van der Waals surface area contributed by atoms with Gasteiger partial charge in [0.25, 0.3) is 0 Å². The molecule has 1 N–H and O–H groups in total. The van der Waals surface area contributed by atoms with E-state index in [2.05, 4.69) is 12.2 Å². The highest BCUT2D eigenvalue weighted by molar-refractivity contribution is 7.91. The minimum Gasteiger partial charge on any atom is -0.410 e. The number of hydrogen-bond acceptors (Lipinski definition) is 4. The summed E-state index contributed by atoms with van der Waals surface area (Å²) in [6.07, 6.45) is 8.08. The van der Waals surface area contributed by atoms with Gasteiger partial charge in [0.1, 0.15) is 5.75 Å². The lowest BCUT2D eigenvalue weighted by atomic mass is 10.0. The van der Waals surface area contributed by atoms with Crippen molar-refractivity contribution in [3.05, 3.63) is 29.8 Å². The van der Waals surface area contributed by atoms with Crippen molar-refractivity contribution >= 4 is 15.9 Å². The first-order valence-electron chi connectivity index (χ1n) is 9.27. The Bertz CT molecular complexity index is 657. The van der Waals surface area contributed by atoms with Gasteiger partial charge < -0.3 is 10.1 Å². The fraction of sp³-hybridized carbons (Fsp3) is 0.632. The summed E-state index contributed by atoms with van der Waals surface area (Å²) in [5, 5.41) is 2.66. The maximum atomic E-state index is 12.1. The van der Waals surface area contributed by atoms with Crippen LogP contribution in [0.25, 0.3) is 0 Å². The van der Waals surface area contributed by atoms with Crippen LogP contribution in [0.3, 0.4) is 0 Å².